The lowest BCUT2D eigenvalue weighted by molar-refractivity contribution is 0.102. The van der Waals surface area contributed by atoms with Crippen LogP contribution in [0, 0.1) is 6.92 Å². The van der Waals surface area contributed by atoms with Gasteiger partial charge in [-0.25, -0.2) is 0 Å². The van der Waals surface area contributed by atoms with Gasteiger partial charge in [0.05, 0.1) is 0 Å². The molecule has 0 radical (unpaired) electrons. The van der Waals surface area contributed by atoms with Crippen molar-refractivity contribution in [3.05, 3.63) is 58.1 Å². The monoisotopic (exact) mass is 288 g/mol. The molecule has 2 rings (SSSR count). The molecule has 2 aromatic carbocycles. The summed E-state index contributed by atoms with van der Waals surface area (Å²) in [4.78, 5) is 12.2. The molecule has 0 atom stereocenters. The van der Waals surface area contributed by atoms with E-state index in [9.17, 15) is 4.79 Å². The second-order valence-electron chi connectivity index (χ2n) is 4.63. The zero-order chi connectivity index (χ0) is 14.7. The summed E-state index contributed by atoms with van der Waals surface area (Å²) in [6, 6.07) is 10.8. The van der Waals surface area contributed by atoms with Gasteiger partial charge in [-0.15, -0.1) is 0 Å². The van der Waals surface area contributed by atoms with Crippen LogP contribution in [-0.4, -0.2) is 5.91 Å². The van der Waals surface area contributed by atoms with Crippen molar-refractivity contribution >= 4 is 28.9 Å². The maximum absolute atomic E-state index is 12.2. The van der Waals surface area contributed by atoms with Crippen LogP contribution in [0.1, 0.15) is 28.4 Å². The topological polar surface area (TPSA) is 55.1 Å². The highest BCUT2D eigenvalue weighted by Gasteiger charge is 2.11. The van der Waals surface area contributed by atoms with Gasteiger partial charge in [0, 0.05) is 22.0 Å². The first-order valence-corrected chi connectivity index (χ1v) is 6.85. The SMILES string of the molecule is CCc1ccc(NC(=O)c2cccc(Cl)c2C)cc1N. The predicted octanol–water partition coefficient (Wildman–Crippen LogP) is 4.05. The number of nitrogens with one attached hydrogen (secondary N) is 1. The summed E-state index contributed by atoms with van der Waals surface area (Å²) in [5.74, 6) is -0.186. The number of halogens is 1. The fourth-order valence-electron chi connectivity index (χ4n) is 2.05. The van der Waals surface area contributed by atoms with Gasteiger partial charge >= 0.3 is 0 Å². The van der Waals surface area contributed by atoms with E-state index in [4.69, 9.17) is 17.3 Å². The standard InChI is InChI=1S/C16H17ClN2O/c1-3-11-7-8-12(9-15(11)18)19-16(20)13-5-4-6-14(17)10(13)2/h4-9H,3,18H2,1-2H3,(H,19,20). The molecule has 0 aliphatic rings. The minimum absolute atomic E-state index is 0.186. The Balaban J connectivity index is 2.24. The average molecular weight is 289 g/mol. The van der Waals surface area contributed by atoms with E-state index in [1.54, 1.807) is 24.3 Å². The summed E-state index contributed by atoms with van der Waals surface area (Å²) in [5, 5.41) is 3.42. The van der Waals surface area contributed by atoms with Crippen LogP contribution in [0.4, 0.5) is 11.4 Å². The molecule has 20 heavy (non-hydrogen) atoms. The molecule has 0 aromatic heterocycles. The van der Waals surface area contributed by atoms with E-state index in [0.717, 1.165) is 17.5 Å². The van der Waals surface area contributed by atoms with Crippen LogP contribution >= 0.6 is 11.6 Å². The van der Waals surface area contributed by atoms with Crippen LogP contribution in [-0.2, 0) is 6.42 Å². The Bertz CT molecular complexity index is 653. The maximum atomic E-state index is 12.2. The van der Waals surface area contributed by atoms with Crippen LogP contribution in [0.5, 0.6) is 0 Å². The van der Waals surface area contributed by atoms with Gasteiger partial charge in [0.15, 0.2) is 0 Å². The number of nitrogen functional groups attached to an aromatic ring is 1. The van der Waals surface area contributed by atoms with Gasteiger partial charge in [-0.1, -0.05) is 30.7 Å². The first-order chi connectivity index (χ1) is 9.52. The van der Waals surface area contributed by atoms with Gasteiger partial charge in [-0.2, -0.15) is 0 Å². The molecule has 0 fully saturated rings. The molecule has 0 aliphatic heterocycles. The zero-order valence-electron chi connectivity index (χ0n) is 11.5. The smallest absolute Gasteiger partial charge is 0.255 e. The molecule has 0 unspecified atom stereocenters. The minimum Gasteiger partial charge on any atom is -0.398 e. The molecule has 104 valence electrons. The summed E-state index contributed by atoms with van der Waals surface area (Å²) in [6.07, 6.45) is 0.869. The van der Waals surface area contributed by atoms with E-state index < -0.39 is 0 Å². The molecule has 0 heterocycles. The summed E-state index contributed by atoms with van der Waals surface area (Å²) in [7, 11) is 0. The lowest BCUT2D eigenvalue weighted by atomic mass is 10.1. The van der Waals surface area contributed by atoms with Gasteiger partial charge < -0.3 is 11.1 Å². The lowest BCUT2D eigenvalue weighted by Crippen LogP contribution is -2.13. The third-order valence-corrected chi connectivity index (χ3v) is 3.71. The quantitative estimate of drug-likeness (QED) is 0.837. The average Bonchev–Trinajstić information content (AvgIpc) is 2.42. The van der Waals surface area contributed by atoms with Crippen molar-refractivity contribution in [1.82, 2.24) is 0 Å². The van der Waals surface area contributed by atoms with Gasteiger partial charge in [0.1, 0.15) is 0 Å². The van der Waals surface area contributed by atoms with Crippen LogP contribution in [0.3, 0.4) is 0 Å². The van der Waals surface area contributed by atoms with Crippen LogP contribution in [0.15, 0.2) is 36.4 Å². The first kappa shape index (κ1) is 14.4. The summed E-state index contributed by atoms with van der Waals surface area (Å²) < 4.78 is 0. The number of carbonyl (C=O) groups excluding carboxylic acids is 1. The number of hydrogen-bond acceptors (Lipinski definition) is 2. The molecular weight excluding hydrogens is 272 g/mol. The Morgan fingerprint density at radius 3 is 2.70 bits per heavy atom. The van der Waals surface area contributed by atoms with Gasteiger partial charge in [0.25, 0.3) is 5.91 Å². The number of nitrogens with two attached hydrogens (primary N) is 1. The van der Waals surface area contributed by atoms with Gasteiger partial charge in [-0.05, 0) is 48.7 Å². The van der Waals surface area contributed by atoms with Crippen molar-refractivity contribution in [3.63, 3.8) is 0 Å². The number of carbonyl (C=O) groups is 1. The number of rotatable bonds is 3. The van der Waals surface area contributed by atoms with E-state index >= 15 is 0 Å². The number of amides is 1. The molecule has 0 spiro atoms. The molecule has 0 saturated heterocycles. The molecule has 0 aliphatic carbocycles. The Kier molecular flexibility index (Phi) is 4.30. The zero-order valence-corrected chi connectivity index (χ0v) is 12.3. The highest BCUT2D eigenvalue weighted by atomic mass is 35.5. The van der Waals surface area contributed by atoms with Crippen molar-refractivity contribution in [2.45, 2.75) is 20.3 Å². The highest BCUT2D eigenvalue weighted by Crippen LogP contribution is 2.22. The van der Waals surface area contributed by atoms with Crippen molar-refractivity contribution in [2.75, 3.05) is 11.1 Å². The Morgan fingerprint density at radius 2 is 2.05 bits per heavy atom. The van der Waals surface area contributed by atoms with Crippen molar-refractivity contribution < 1.29 is 4.79 Å². The number of benzene rings is 2. The summed E-state index contributed by atoms with van der Waals surface area (Å²) in [6.45, 7) is 3.87. The molecule has 3 N–H and O–H groups in total. The first-order valence-electron chi connectivity index (χ1n) is 6.47. The van der Waals surface area contributed by atoms with Crippen LogP contribution in [0.25, 0.3) is 0 Å². The molecule has 1 amide bonds. The summed E-state index contributed by atoms with van der Waals surface area (Å²) in [5.41, 5.74) is 9.71. The van der Waals surface area contributed by atoms with Crippen molar-refractivity contribution in [2.24, 2.45) is 0 Å². The van der Waals surface area contributed by atoms with E-state index in [1.807, 2.05) is 26.0 Å². The third kappa shape index (κ3) is 2.94. The fourth-order valence-corrected chi connectivity index (χ4v) is 2.22. The number of anilines is 2. The highest BCUT2D eigenvalue weighted by molar-refractivity contribution is 6.32. The molecule has 0 saturated carbocycles. The van der Waals surface area contributed by atoms with Crippen LogP contribution in [0.2, 0.25) is 5.02 Å². The Hall–Kier alpha value is -2.00. The fraction of sp³-hybridized carbons (Fsp3) is 0.188. The van der Waals surface area contributed by atoms with E-state index in [1.165, 1.54) is 0 Å². The normalized spacial score (nSPS) is 10.3. The molecule has 2 aromatic rings. The molecule has 0 bridgehead atoms. The van der Waals surface area contributed by atoms with Gasteiger partial charge in [-0.3, -0.25) is 4.79 Å². The predicted molar refractivity (Wildman–Crippen MR) is 84.4 cm³/mol. The van der Waals surface area contributed by atoms with E-state index in [0.29, 0.717) is 22.0 Å². The van der Waals surface area contributed by atoms with Crippen molar-refractivity contribution in [1.29, 1.82) is 0 Å². The van der Waals surface area contributed by atoms with Crippen LogP contribution < -0.4 is 11.1 Å². The Labute approximate surface area is 123 Å². The maximum Gasteiger partial charge on any atom is 0.255 e. The second kappa shape index (κ2) is 5.97. The summed E-state index contributed by atoms with van der Waals surface area (Å²) >= 11 is 6.03. The minimum atomic E-state index is -0.186. The number of aryl methyl sites for hydroxylation is 1. The lowest BCUT2D eigenvalue weighted by Gasteiger charge is -2.10. The second-order valence-corrected chi connectivity index (χ2v) is 5.04. The van der Waals surface area contributed by atoms with Gasteiger partial charge in [0.2, 0.25) is 0 Å². The van der Waals surface area contributed by atoms with E-state index in [-0.39, 0.29) is 5.91 Å². The Morgan fingerprint density at radius 1 is 1.30 bits per heavy atom. The largest absolute Gasteiger partial charge is 0.398 e. The number of hydrogen-bond donors (Lipinski definition) is 2. The van der Waals surface area contributed by atoms with Crippen molar-refractivity contribution in [3.8, 4) is 0 Å². The molecule has 4 heteroatoms. The van der Waals surface area contributed by atoms with E-state index in [2.05, 4.69) is 5.32 Å². The molecule has 3 nitrogen and oxygen atoms in total. The molecular formula is C16H17ClN2O. The third-order valence-electron chi connectivity index (χ3n) is 3.30.